The number of hydrogen-bond donors (Lipinski definition) is 1. The van der Waals surface area contributed by atoms with E-state index in [4.69, 9.17) is 4.74 Å². The predicted octanol–water partition coefficient (Wildman–Crippen LogP) is 3.79. The van der Waals surface area contributed by atoms with Gasteiger partial charge in [0.25, 0.3) is 5.91 Å². The van der Waals surface area contributed by atoms with Crippen molar-refractivity contribution in [1.29, 1.82) is 0 Å². The number of ether oxygens (including phenoxy) is 1. The van der Waals surface area contributed by atoms with Crippen LogP contribution >= 0.6 is 0 Å². The molecule has 0 unspecified atom stereocenters. The Labute approximate surface area is 190 Å². The van der Waals surface area contributed by atoms with Gasteiger partial charge in [0.05, 0.1) is 5.69 Å². The van der Waals surface area contributed by atoms with Crippen LogP contribution in [0.15, 0.2) is 54.6 Å². The van der Waals surface area contributed by atoms with Gasteiger partial charge < -0.3 is 24.8 Å². The fraction of sp³-hybridized carbons (Fsp3) is 0.440. The number of nitrogens with one attached hydrogen (secondary N) is 1. The van der Waals surface area contributed by atoms with Crippen LogP contribution in [0.2, 0.25) is 0 Å². The van der Waals surface area contributed by atoms with Crippen molar-refractivity contribution >= 4 is 17.6 Å². The van der Waals surface area contributed by atoms with E-state index >= 15 is 0 Å². The molecule has 0 spiro atoms. The summed E-state index contributed by atoms with van der Waals surface area (Å²) in [4.78, 5) is 31.6. The molecule has 1 saturated heterocycles. The van der Waals surface area contributed by atoms with Crippen LogP contribution in [0.1, 0.15) is 30.6 Å². The third-order valence-corrected chi connectivity index (χ3v) is 5.78. The molecular formula is C25H34N4O3. The van der Waals surface area contributed by atoms with Crippen LogP contribution in [0.5, 0.6) is 5.75 Å². The van der Waals surface area contributed by atoms with E-state index < -0.39 is 0 Å². The highest BCUT2D eigenvalue weighted by Gasteiger charge is 2.23. The first-order valence-corrected chi connectivity index (χ1v) is 11.5. The van der Waals surface area contributed by atoms with E-state index in [2.05, 4.69) is 24.1 Å². The zero-order chi connectivity index (χ0) is 22.8. The first-order valence-electron chi connectivity index (χ1n) is 11.5. The SMILES string of the molecule is CCN(CC)CCOc1ccccc1NC(=O)N1CCCN(C(=O)c2ccccc2)CC1. The zero-order valence-electron chi connectivity index (χ0n) is 19.1. The Hall–Kier alpha value is -3.06. The number of urea groups is 1. The summed E-state index contributed by atoms with van der Waals surface area (Å²) < 4.78 is 5.95. The first kappa shape index (κ1) is 23.6. The Balaban J connectivity index is 1.55. The molecule has 2 aromatic rings. The van der Waals surface area contributed by atoms with E-state index in [1.807, 2.05) is 59.5 Å². The molecule has 3 rings (SSSR count). The first-order chi connectivity index (χ1) is 15.6. The fourth-order valence-electron chi connectivity index (χ4n) is 3.80. The maximum atomic E-state index is 12.9. The standard InChI is InChI=1S/C25H34N4O3/c1-3-27(4-2)19-20-32-23-14-9-8-13-22(23)26-25(31)29-16-10-15-28(17-18-29)24(30)21-11-6-5-7-12-21/h5-9,11-14H,3-4,10,15-20H2,1-2H3,(H,26,31). The second kappa shape index (κ2) is 12.1. The highest BCUT2D eigenvalue weighted by atomic mass is 16.5. The van der Waals surface area contributed by atoms with E-state index in [-0.39, 0.29) is 11.9 Å². The third kappa shape index (κ3) is 6.47. The van der Waals surface area contributed by atoms with E-state index in [0.29, 0.717) is 49.8 Å². The smallest absolute Gasteiger partial charge is 0.322 e. The quantitative estimate of drug-likeness (QED) is 0.681. The predicted molar refractivity (Wildman–Crippen MR) is 127 cm³/mol. The fourth-order valence-corrected chi connectivity index (χ4v) is 3.80. The molecule has 2 aromatic carbocycles. The number of hydrogen-bond acceptors (Lipinski definition) is 4. The molecule has 1 fully saturated rings. The number of likely N-dealkylation sites (N-methyl/N-ethyl adjacent to an activating group) is 1. The van der Waals surface area contributed by atoms with Crippen molar-refractivity contribution in [1.82, 2.24) is 14.7 Å². The summed E-state index contributed by atoms with van der Waals surface area (Å²) in [5, 5.41) is 2.99. The van der Waals surface area contributed by atoms with Crippen LogP contribution in [0.3, 0.4) is 0 Å². The molecular weight excluding hydrogens is 404 g/mol. The second-order valence-electron chi connectivity index (χ2n) is 7.80. The van der Waals surface area contributed by atoms with Gasteiger partial charge >= 0.3 is 6.03 Å². The zero-order valence-corrected chi connectivity index (χ0v) is 19.1. The van der Waals surface area contributed by atoms with Gasteiger partial charge in [0.1, 0.15) is 12.4 Å². The highest BCUT2D eigenvalue weighted by Crippen LogP contribution is 2.24. The number of nitrogens with zero attached hydrogens (tertiary/aromatic N) is 3. The van der Waals surface area contributed by atoms with Crippen molar-refractivity contribution in [2.75, 3.05) is 57.7 Å². The van der Waals surface area contributed by atoms with Gasteiger partial charge in [0, 0.05) is 38.3 Å². The minimum absolute atomic E-state index is 0.0137. The van der Waals surface area contributed by atoms with E-state index in [9.17, 15) is 9.59 Å². The van der Waals surface area contributed by atoms with Crippen molar-refractivity contribution in [3.05, 3.63) is 60.2 Å². The van der Waals surface area contributed by atoms with Crippen LogP contribution in [0, 0.1) is 0 Å². The molecule has 1 heterocycles. The Morgan fingerprint density at radius 1 is 0.906 bits per heavy atom. The van der Waals surface area contributed by atoms with Gasteiger partial charge in [-0.25, -0.2) is 4.79 Å². The minimum atomic E-state index is -0.168. The van der Waals surface area contributed by atoms with Gasteiger partial charge in [-0.3, -0.25) is 4.79 Å². The number of carbonyl (C=O) groups excluding carboxylic acids is 2. The van der Waals surface area contributed by atoms with Crippen LogP contribution in [-0.4, -0.2) is 79.1 Å². The lowest BCUT2D eigenvalue weighted by Crippen LogP contribution is -2.39. The molecule has 0 radical (unpaired) electrons. The molecule has 1 N–H and O–H groups in total. The molecule has 0 saturated carbocycles. The summed E-state index contributed by atoms with van der Waals surface area (Å²) in [5.41, 5.74) is 1.35. The van der Waals surface area contributed by atoms with Crippen LogP contribution in [0.4, 0.5) is 10.5 Å². The maximum Gasteiger partial charge on any atom is 0.322 e. The van der Waals surface area contributed by atoms with Crippen molar-refractivity contribution in [3.63, 3.8) is 0 Å². The highest BCUT2D eigenvalue weighted by molar-refractivity contribution is 5.94. The van der Waals surface area contributed by atoms with Gasteiger partial charge in [-0.2, -0.15) is 0 Å². The molecule has 0 aromatic heterocycles. The van der Waals surface area contributed by atoms with Gasteiger partial charge in [-0.1, -0.05) is 44.2 Å². The van der Waals surface area contributed by atoms with Gasteiger partial charge in [0.15, 0.2) is 0 Å². The molecule has 172 valence electrons. The Bertz CT molecular complexity index is 871. The monoisotopic (exact) mass is 438 g/mol. The molecule has 0 atom stereocenters. The third-order valence-electron chi connectivity index (χ3n) is 5.78. The topological polar surface area (TPSA) is 65.1 Å². The van der Waals surface area contributed by atoms with Gasteiger partial charge in [-0.15, -0.1) is 0 Å². The van der Waals surface area contributed by atoms with Crippen molar-refractivity contribution in [2.45, 2.75) is 20.3 Å². The molecule has 1 aliphatic rings. The molecule has 3 amide bonds. The summed E-state index contributed by atoms with van der Waals surface area (Å²) in [6.45, 7) is 9.90. The Kier molecular flexibility index (Phi) is 8.92. The Morgan fingerprint density at radius 2 is 1.56 bits per heavy atom. The number of carbonyl (C=O) groups is 2. The number of benzene rings is 2. The van der Waals surface area contributed by atoms with Crippen LogP contribution < -0.4 is 10.1 Å². The van der Waals surface area contributed by atoms with Crippen LogP contribution in [-0.2, 0) is 0 Å². The summed E-state index contributed by atoms with van der Waals surface area (Å²) in [6.07, 6.45) is 0.744. The summed E-state index contributed by atoms with van der Waals surface area (Å²) >= 11 is 0. The van der Waals surface area contributed by atoms with E-state index in [1.54, 1.807) is 4.90 Å². The molecule has 7 nitrogen and oxygen atoms in total. The molecule has 0 bridgehead atoms. The van der Waals surface area contributed by atoms with Crippen molar-refractivity contribution in [2.24, 2.45) is 0 Å². The van der Waals surface area contributed by atoms with Gasteiger partial charge in [0.2, 0.25) is 0 Å². The molecule has 32 heavy (non-hydrogen) atoms. The number of para-hydroxylation sites is 2. The lowest BCUT2D eigenvalue weighted by Gasteiger charge is -2.23. The van der Waals surface area contributed by atoms with Crippen molar-refractivity contribution < 1.29 is 14.3 Å². The van der Waals surface area contributed by atoms with Crippen molar-refractivity contribution in [3.8, 4) is 5.75 Å². The molecule has 1 aliphatic heterocycles. The number of amides is 3. The lowest BCUT2D eigenvalue weighted by atomic mass is 10.2. The molecule has 0 aliphatic carbocycles. The second-order valence-corrected chi connectivity index (χ2v) is 7.80. The Morgan fingerprint density at radius 3 is 2.31 bits per heavy atom. The molecule has 7 heteroatoms. The summed E-state index contributed by atoms with van der Waals surface area (Å²) in [6, 6.07) is 16.6. The van der Waals surface area contributed by atoms with Crippen LogP contribution in [0.25, 0.3) is 0 Å². The summed E-state index contributed by atoms with van der Waals surface area (Å²) in [7, 11) is 0. The average molecular weight is 439 g/mol. The average Bonchev–Trinajstić information content (AvgIpc) is 3.09. The largest absolute Gasteiger partial charge is 0.490 e. The van der Waals surface area contributed by atoms with E-state index in [0.717, 1.165) is 26.1 Å². The minimum Gasteiger partial charge on any atom is -0.490 e. The summed E-state index contributed by atoms with van der Waals surface area (Å²) in [5.74, 6) is 0.684. The van der Waals surface area contributed by atoms with Gasteiger partial charge in [-0.05, 0) is 43.8 Å². The normalized spacial score (nSPS) is 14.2. The lowest BCUT2D eigenvalue weighted by molar-refractivity contribution is 0.0762. The number of rotatable bonds is 8. The van der Waals surface area contributed by atoms with E-state index in [1.165, 1.54) is 0 Å². The number of anilines is 1. The maximum absolute atomic E-state index is 12.9.